The number of aliphatic hydroxyl groups is 1. The van der Waals surface area contributed by atoms with Crippen molar-refractivity contribution in [1.82, 2.24) is 14.8 Å². The number of benzene rings is 1. The van der Waals surface area contributed by atoms with Gasteiger partial charge in [-0.2, -0.15) is 0 Å². The average molecular weight is 450 g/mol. The predicted molar refractivity (Wildman–Crippen MR) is 128 cm³/mol. The summed E-state index contributed by atoms with van der Waals surface area (Å²) in [6, 6.07) is 12.1. The molecule has 2 fully saturated rings. The van der Waals surface area contributed by atoms with Gasteiger partial charge in [0, 0.05) is 44.1 Å². The first-order chi connectivity index (χ1) is 16.0. The van der Waals surface area contributed by atoms with Gasteiger partial charge in [-0.25, -0.2) is 0 Å². The van der Waals surface area contributed by atoms with E-state index in [4.69, 9.17) is 0 Å². The number of hydrogen-bond donors (Lipinski definition) is 1. The summed E-state index contributed by atoms with van der Waals surface area (Å²) < 4.78 is 0. The monoisotopic (exact) mass is 449 g/mol. The van der Waals surface area contributed by atoms with Crippen LogP contribution in [0.15, 0.2) is 48.8 Å². The first-order valence-corrected chi connectivity index (χ1v) is 12.3. The van der Waals surface area contributed by atoms with E-state index in [9.17, 15) is 14.7 Å². The van der Waals surface area contributed by atoms with Gasteiger partial charge in [0.1, 0.15) is 0 Å². The number of likely N-dealkylation sites (N-methyl/N-ethyl adjacent to an activating group) is 1. The molecule has 6 heteroatoms. The molecular formula is C27H35N3O3. The molecule has 1 aliphatic heterocycles. The van der Waals surface area contributed by atoms with Gasteiger partial charge in [0.2, 0.25) is 11.8 Å². The van der Waals surface area contributed by atoms with E-state index < -0.39 is 5.60 Å². The lowest BCUT2D eigenvalue weighted by Gasteiger charge is -2.34. The predicted octanol–water partition coefficient (Wildman–Crippen LogP) is 3.68. The summed E-state index contributed by atoms with van der Waals surface area (Å²) in [5, 5.41) is 10.9. The highest BCUT2D eigenvalue weighted by Gasteiger charge is 2.36. The van der Waals surface area contributed by atoms with Crippen molar-refractivity contribution in [3.63, 3.8) is 0 Å². The number of amides is 2. The zero-order chi connectivity index (χ0) is 23.3. The Morgan fingerprint density at radius 1 is 1.12 bits per heavy atom. The number of hydrogen-bond acceptors (Lipinski definition) is 4. The number of aromatic nitrogens is 1. The van der Waals surface area contributed by atoms with Crippen molar-refractivity contribution in [2.75, 3.05) is 26.2 Å². The fraction of sp³-hybridized carbons (Fsp3) is 0.519. The first kappa shape index (κ1) is 23.4. The Bertz CT molecular complexity index is 956. The molecule has 33 heavy (non-hydrogen) atoms. The standard InChI is InChI=1S/C27H35N3O3/c1-2-29-15-16-30(25(31)18-27(33)12-6-3-7-13-27)20-23(26(29)32)17-21-9-4-5-11-24(21)22-10-8-14-28-19-22/h4-5,8-11,14,19,23,33H,2-3,6-7,12-13,15-18,20H2,1H3. The van der Waals surface area contributed by atoms with Crippen molar-refractivity contribution in [3.8, 4) is 11.1 Å². The van der Waals surface area contributed by atoms with E-state index in [1.165, 1.54) is 0 Å². The lowest BCUT2D eigenvalue weighted by molar-refractivity contribution is -0.138. The van der Waals surface area contributed by atoms with Crippen molar-refractivity contribution in [1.29, 1.82) is 0 Å². The molecule has 2 amide bonds. The Morgan fingerprint density at radius 2 is 1.91 bits per heavy atom. The molecule has 1 aliphatic carbocycles. The van der Waals surface area contributed by atoms with Crippen molar-refractivity contribution in [3.05, 3.63) is 54.4 Å². The summed E-state index contributed by atoms with van der Waals surface area (Å²) in [5.41, 5.74) is 2.28. The lowest BCUT2D eigenvalue weighted by atomic mass is 9.82. The van der Waals surface area contributed by atoms with Crippen molar-refractivity contribution < 1.29 is 14.7 Å². The van der Waals surface area contributed by atoms with Crippen molar-refractivity contribution in [2.24, 2.45) is 5.92 Å². The van der Waals surface area contributed by atoms with Crippen LogP contribution in [0.4, 0.5) is 0 Å². The van der Waals surface area contributed by atoms with Gasteiger partial charge in [-0.3, -0.25) is 14.6 Å². The average Bonchev–Trinajstić information content (AvgIpc) is 2.99. The minimum Gasteiger partial charge on any atom is -0.389 e. The van der Waals surface area contributed by atoms with Crippen LogP contribution in [-0.2, 0) is 16.0 Å². The van der Waals surface area contributed by atoms with Gasteiger partial charge in [0.15, 0.2) is 0 Å². The van der Waals surface area contributed by atoms with Gasteiger partial charge < -0.3 is 14.9 Å². The van der Waals surface area contributed by atoms with Gasteiger partial charge in [-0.1, -0.05) is 49.6 Å². The zero-order valence-electron chi connectivity index (χ0n) is 19.6. The largest absolute Gasteiger partial charge is 0.389 e. The molecule has 0 radical (unpaired) electrons. The molecule has 2 heterocycles. The van der Waals surface area contributed by atoms with Crippen LogP contribution >= 0.6 is 0 Å². The summed E-state index contributed by atoms with van der Waals surface area (Å²) in [6.07, 6.45) is 8.76. The molecule has 0 bridgehead atoms. The number of nitrogens with zero attached hydrogens (tertiary/aromatic N) is 3. The third kappa shape index (κ3) is 5.61. The lowest BCUT2D eigenvalue weighted by Crippen LogP contribution is -2.43. The van der Waals surface area contributed by atoms with Gasteiger partial charge >= 0.3 is 0 Å². The first-order valence-electron chi connectivity index (χ1n) is 12.3. The second-order valence-corrected chi connectivity index (χ2v) is 9.52. The zero-order valence-corrected chi connectivity index (χ0v) is 19.6. The van der Waals surface area contributed by atoms with E-state index in [1.807, 2.05) is 47.2 Å². The molecule has 2 aliphatic rings. The molecule has 1 saturated carbocycles. The molecule has 1 N–H and O–H groups in total. The third-order valence-electron chi connectivity index (χ3n) is 7.20. The molecule has 6 nitrogen and oxygen atoms in total. The number of carbonyl (C=O) groups excluding carboxylic acids is 2. The van der Waals surface area contributed by atoms with Gasteiger partial charge in [-0.15, -0.1) is 0 Å². The molecule has 1 saturated heterocycles. The summed E-state index contributed by atoms with van der Waals surface area (Å²) in [6.45, 7) is 4.08. The van der Waals surface area contributed by atoms with Gasteiger partial charge in [0.25, 0.3) is 0 Å². The van der Waals surface area contributed by atoms with E-state index in [0.29, 0.717) is 45.4 Å². The number of pyridine rings is 1. The maximum Gasteiger partial charge on any atom is 0.227 e. The molecule has 176 valence electrons. The molecule has 1 aromatic carbocycles. The summed E-state index contributed by atoms with van der Waals surface area (Å²) in [4.78, 5) is 34.5. The van der Waals surface area contributed by atoms with E-state index in [1.54, 1.807) is 6.20 Å². The van der Waals surface area contributed by atoms with E-state index in [-0.39, 0.29) is 24.2 Å². The normalized spacial score (nSPS) is 21.0. The van der Waals surface area contributed by atoms with Crippen LogP contribution in [0.25, 0.3) is 11.1 Å². The topological polar surface area (TPSA) is 73.7 Å². The number of carbonyl (C=O) groups is 2. The molecule has 1 aromatic heterocycles. The molecule has 2 aromatic rings. The van der Waals surface area contributed by atoms with E-state index >= 15 is 0 Å². The van der Waals surface area contributed by atoms with Crippen LogP contribution in [0.2, 0.25) is 0 Å². The van der Waals surface area contributed by atoms with Gasteiger partial charge in [0.05, 0.1) is 17.9 Å². The Balaban J connectivity index is 1.55. The summed E-state index contributed by atoms with van der Waals surface area (Å²) in [5.74, 6) is -0.240. The van der Waals surface area contributed by atoms with Crippen molar-refractivity contribution in [2.45, 2.75) is 57.5 Å². The Morgan fingerprint density at radius 3 is 2.64 bits per heavy atom. The van der Waals surface area contributed by atoms with Gasteiger partial charge in [-0.05, 0) is 43.4 Å². The second kappa shape index (κ2) is 10.5. The SMILES string of the molecule is CCN1CCN(C(=O)CC2(O)CCCCC2)CC(Cc2ccccc2-c2cccnc2)C1=O. The Kier molecular flexibility index (Phi) is 7.43. The Labute approximate surface area is 196 Å². The highest BCUT2D eigenvalue weighted by atomic mass is 16.3. The molecular weight excluding hydrogens is 414 g/mol. The fourth-order valence-corrected chi connectivity index (χ4v) is 5.28. The maximum absolute atomic E-state index is 13.4. The van der Waals surface area contributed by atoms with Crippen LogP contribution in [0, 0.1) is 5.92 Å². The Hall–Kier alpha value is -2.73. The van der Waals surface area contributed by atoms with Crippen molar-refractivity contribution >= 4 is 11.8 Å². The molecule has 1 atom stereocenters. The minimum atomic E-state index is -0.890. The fourth-order valence-electron chi connectivity index (χ4n) is 5.28. The number of rotatable bonds is 6. The van der Waals surface area contributed by atoms with Crippen LogP contribution in [-0.4, -0.2) is 63.5 Å². The smallest absolute Gasteiger partial charge is 0.227 e. The van der Waals surface area contributed by atoms with E-state index in [2.05, 4.69) is 17.1 Å². The molecule has 4 rings (SSSR count). The van der Waals surface area contributed by atoms with Crippen LogP contribution in [0.5, 0.6) is 0 Å². The highest BCUT2D eigenvalue weighted by molar-refractivity contribution is 5.83. The van der Waals surface area contributed by atoms with Crippen LogP contribution in [0.3, 0.4) is 0 Å². The van der Waals surface area contributed by atoms with Crippen LogP contribution in [0.1, 0.15) is 51.0 Å². The summed E-state index contributed by atoms with van der Waals surface area (Å²) in [7, 11) is 0. The molecule has 1 unspecified atom stereocenters. The van der Waals surface area contributed by atoms with E-state index in [0.717, 1.165) is 36.0 Å². The highest BCUT2D eigenvalue weighted by Crippen LogP contribution is 2.32. The summed E-state index contributed by atoms with van der Waals surface area (Å²) >= 11 is 0. The maximum atomic E-state index is 13.4. The van der Waals surface area contributed by atoms with Crippen LogP contribution < -0.4 is 0 Å². The minimum absolute atomic E-state index is 0.0318. The second-order valence-electron chi connectivity index (χ2n) is 9.52. The molecule has 0 spiro atoms. The third-order valence-corrected chi connectivity index (χ3v) is 7.20. The quantitative estimate of drug-likeness (QED) is 0.730.